The summed E-state index contributed by atoms with van der Waals surface area (Å²) in [6.45, 7) is 4.49. The lowest BCUT2D eigenvalue weighted by Gasteiger charge is -2.01. The summed E-state index contributed by atoms with van der Waals surface area (Å²) in [6, 6.07) is 0. The number of hydrogen-bond donors (Lipinski definition) is 2. The molecule has 0 aromatic carbocycles. The van der Waals surface area contributed by atoms with E-state index in [1.807, 2.05) is 0 Å². The van der Waals surface area contributed by atoms with Gasteiger partial charge >= 0.3 is 11.9 Å². The summed E-state index contributed by atoms with van der Waals surface area (Å²) < 4.78 is 0. The molecule has 0 rings (SSSR count). The summed E-state index contributed by atoms with van der Waals surface area (Å²) in [6.07, 6.45) is 53.4. The SMILES string of the molecule is CCCCC/C=C/C/C=C/CCCCCCCCCC(=O)O.CCCCC/C=C/C/C=C/CCCCCCCCCCCC(=O)O. The van der Waals surface area contributed by atoms with Crippen LogP contribution in [0, 0.1) is 0 Å². The molecule has 0 aromatic rings. The van der Waals surface area contributed by atoms with Gasteiger partial charge in [0.05, 0.1) is 0 Å². The zero-order chi connectivity index (χ0) is 34.0. The van der Waals surface area contributed by atoms with E-state index in [-0.39, 0.29) is 0 Å². The normalized spacial score (nSPS) is 11.7. The van der Waals surface area contributed by atoms with Crippen molar-refractivity contribution < 1.29 is 19.8 Å². The van der Waals surface area contributed by atoms with E-state index in [2.05, 4.69) is 62.5 Å². The molecule has 0 atom stereocenters. The molecule has 0 aliphatic carbocycles. The number of carbonyl (C=O) groups is 2. The van der Waals surface area contributed by atoms with E-state index in [0.29, 0.717) is 12.8 Å². The molecule has 0 aliphatic rings. The van der Waals surface area contributed by atoms with Gasteiger partial charge in [0, 0.05) is 12.8 Å². The van der Waals surface area contributed by atoms with E-state index in [1.165, 1.54) is 141 Å². The molecule has 0 unspecified atom stereocenters. The van der Waals surface area contributed by atoms with Crippen LogP contribution in [0.3, 0.4) is 0 Å². The Morgan fingerprint density at radius 1 is 0.348 bits per heavy atom. The fourth-order valence-electron chi connectivity index (χ4n) is 5.24. The molecule has 0 amide bonds. The van der Waals surface area contributed by atoms with Crippen molar-refractivity contribution in [1.82, 2.24) is 0 Å². The molecule has 268 valence electrons. The molecule has 0 saturated carbocycles. The molecule has 0 aromatic heterocycles. The molecular weight excluding hydrogens is 568 g/mol. The van der Waals surface area contributed by atoms with Crippen LogP contribution in [0.4, 0.5) is 0 Å². The highest BCUT2D eigenvalue weighted by atomic mass is 16.4. The lowest BCUT2D eigenvalue weighted by Crippen LogP contribution is -1.93. The Labute approximate surface area is 286 Å². The van der Waals surface area contributed by atoms with Crippen LogP contribution in [-0.4, -0.2) is 22.2 Å². The second kappa shape index (κ2) is 42.9. The lowest BCUT2D eigenvalue weighted by atomic mass is 10.1. The maximum atomic E-state index is 10.4. The number of unbranched alkanes of at least 4 members (excludes halogenated alkanes) is 22. The average Bonchev–Trinajstić information content (AvgIpc) is 3.03. The van der Waals surface area contributed by atoms with E-state index in [4.69, 9.17) is 10.2 Å². The second-order valence-electron chi connectivity index (χ2n) is 12.9. The van der Waals surface area contributed by atoms with Crippen molar-refractivity contribution in [2.24, 2.45) is 0 Å². The first-order chi connectivity index (χ1) is 22.5. The number of carboxylic acid groups (broad SMARTS) is 2. The third kappa shape index (κ3) is 48.8. The zero-order valence-corrected chi connectivity index (χ0v) is 30.5. The first-order valence-corrected chi connectivity index (χ1v) is 19.6. The number of hydrogen-bond acceptors (Lipinski definition) is 2. The molecular formula is C42H76O4. The van der Waals surface area contributed by atoms with Crippen molar-refractivity contribution >= 4 is 11.9 Å². The highest BCUT2D eigenvalue weighted by Crippen LogP contribution is 2.12. The minimum atomic E-state index is -0.664. The topological polar surface area (TPSA) is 74.6 Å². The van der Waals surface area contributed by atoms with Gasteiger partial charge < -0.3 is 10.2 Å². The fraction of sp³-hybridized carbons (Fsp3) is 0.762. The van der Waals surface area contributed by atoms with Crippen molar-refractivity contribution in [3.63, 3.8) is 0 Å². The molecule has 0 aliphatic heterocycles. The van der Waals surface area contributed by atoms with E-state index in [1.54, 1.807) is 0 Å². The molecule has 0 spiro atoms. The third-order valence-electron chi connectivity index (χ3n) is 8.18. The van der Waals surface area contributed by atoms with Crippen LogP contribution >= 0.6 is 0 Å². The van der Waals surface area contributed by atoms with E-state index in [9.17, 15) is 9.59 Å². The maximum absolute atomic E-state index is 10.4. The Balaban J connectivity index is 0. The lowest BCUT2D eigenvalue weighted by molar-refractivity contribution is -0.138. The summed E-state index contributed by atoms with van der Waals surface area (Å²) in [5, 5.41) is 17.1. The van der Waals surface area contributed by atoms with Crippen LogP contribution in [0.15, 0.2) is 48.6 Å². The molecule has 0 radical (unpaired) electrons. The van der Waals surface area contributed by atoms with Crippen molar-refractivity contribution in [1.29, 1.82) is 0 Å². The number of allylic oxidation sites excluding steroid dienone is 8. The molecule has 4 nitrogen and oxygen atoms in total. The standard InChI is InChI=1S/C22H40O2.C20H36O2/c1-2-3-4-5-6-7-8-9-10-11-12-13-14-15-16-17-18-19-20-21-22(23)24;1-2-3-4-5-6-7-8-9-10-11-12-13-14-15-16-17-18-19-20(21)22/h6-7,9-10H,2-5,8,11-21H2,1H3,(H,23,24);6-7,9-10H,2-5,8,11-19H2,1H3,(H,21,22)/b2*7-6+,10-9+. The Kier molecular flexibility index (Phi) is 42.9. The van der Waals surface area contributed by atoms with Crippen LogP contribution in [-0.2, 0) is 9.59 Å². The molecule has 0 saturated heterocycles. The molecule has 0 heterocycles. The van der Waals surface area contributed by atoms with Gasteiger partial charge in [0.1, 0.15) is 0 Å². The summed E-state index contributed by atoms with van der Waals surface area (Å²) in [7, 11) is 0. The average molecular weight is 645 g/mol. The monoisotopic (exact) mass is 645 g/mol. The van der Waals surface area contributed by atoms with Crippen LogP contribution < -0.4 is 0 Å². The van der Waals surface area contributed by atoms with Crippen LogP contribution in [0.25, 0.3) is 0 Å². The van der Waals surface area contributed by atoms with Crippen molar-refractivity contribution in [2.45, 2.75) is 206 Å². The molecule has 2 N–H and O–H groups in total. The van der Waals surface area contributed by atoms with Gasteiger partial charge in [-0.2, -0.15) is 0 Å². The van der Waals surface area contributed by atoms with Gasteiger partial charge in [-0.05, 0) is 77.0 Å². The van der Waals surface area contributed by atoms with Crippen molar-refractivity contribution in [2.75, 3.05) is 0 Å². The fourth-order valence-corrected chi connectivity index (χ4v) is 5.24. The van der Waals surface area contributed by atoms with E-state index >= 15 is 0 Å². The van der Waals surface area contributed by atoms with Gasteiger partial charge in [-0.1, -0.05) is 165 Å². The highest BCUT2D eigenvalue weighted by Gasteiger charge is 1.97. The maximum Gasteiger partial charge on any atom is 0.303 e. The Morgan fingerprint density at radius 2 is 0.587 bits per heavy atom. The predicted octanol–water partition coefficient (Wildman–Crippen LogP) is 14.1. The van der Waals surface area contributed by atoms with E-state index < -0.39 is 11.9 Å². The van der Waals surface area contributed by atoms with Crippen LogP contribution in [0.5, 0.6) is 0 Å². The van der Waals surface area contributed by atoms with Crippen LogP contribution in [0.2, 0.25) is 0 Å². The quantitative estimate of drug-likeness (QED) is 0.0540. The summed E-state index contributed by atoms with van der Waals surface area (Å²) in [5.41, 5.74) is 0. The Hall–Kier alpha value is -2.10. The largest absolute Gasteiger partial charge is 0.481 e. The van der Waals surface area contributed by atoms with Crippen molar-refractivity contribution in [3.8, 4) is 0 Å². The zero-order valence-electron chi connectivity index (χ0n) is 30.5. The van der Waals surface area contributed by atoms with Crippen molar-refractivity contribution in [3.05, 3.63) is 48.6 Å². The van der Waals surface area contributed by atoms with Gasteiger partial charge in [0.15, 0.2) is 0 Å². The first-order valence-electron chi connectivity index (χ1n) is 19.6. The van der Waals surface area contributed by atoms with Gasteiger partial charge in [0.25, 0.3) is 0 Å². The summed E-state index contributed by atoms with van der Waals surface area (Å²) in [5.74, 6) is -1.32. The Bertz CT molecular complexity index is 734. The predicted molar refractivity (Wildman–Crippen MR) is 202 cm³/mol. The minimum Gasteiger partial charge on any atom is -0.481 e. The third-order valence-corrected chi connectivity index (χ3v) is 8.18. The minimum absolute atomic E-state index is 0.331. The van der Waals surface area contributed by atoms with E-state index in [0.717, 1.165) is 38.5 Å². The molecule has 46 heavy (non-hydrogen) atoms. The van der Waals surface area contributed by atoms with Crippen LogP contribution in [0.1, 0.15) is 206 Å². The van der Waals surface area contributed by atoms with Gasteiger partial charge in [-0.25, -0.2) is 0 Å². The smallest absolute Gasteiger partial charge is 0.303 e. The van der Waals surface area contributed by atoms with Gasteiger partial charge in [-0.15, -0.1) is 0 Å². The summed E-state index contributed by atoms with van der Waals surface area (Å²) >= 11 is 0. The Morgan fingerprint density at radius 3 is 0.848 bits per heavy atom. The highest BCUT2D eigenvalue weighted by molar-refractivity contribution is 5.66. The number of carboxylic acids is 2. The van der Waals surface area contributed by atoms with Gasteiger partial charge in [-0.3, -0.25) is 9.59 Å². The molecule has 0 bridgehead atoms. The second-order valence-corrected chi connectivity index (χ2v) is 12.9. The molecule has 4 heteroatoms. The summed E-state index contributed by atoms with van der Waals surface area (Å²) in [4.78, 5) is 20.7. The van der Waals surface area contributed by atoms with Gasteiger partial charge in [0.2, 0.25) is 0 Å². The number of aliphatic carboxylic acids is 2. The molecule has 0 fully saturated rings. The first kappa shape index (κ1) is 46.0. The number of rotatable bonds is 34.